The first-order valence-electron chi connectivity index (χ1n) is 4.95. The van der Waals surface area contributed by atoms with Crippen LogP contribution >= 0.6 is 0 Å². The van der Waals surface area contributed by atoms with Crippen LogP contribution in [0.2, 0.25) is 0 Å². The minimum atomic E-state index is -1.12. The van der Waals surface area contributed by atoms with Gasteiger partial charge in [-0.25, -0.2) is 4.79 Å². The van der Waals surface area contributed by atoms with Crippen molar-refractivity contribution < 1.29 is 14.7 Å². The second kappa shape index (κ2) is 4.32. The molecule has 0 aliphatic heterocycles. The van der Waals surface area contributed by atoms with Gasteiger partial charge in [0, 0.05) is 0 Å². The molecule has 6 nitrogen and oxygen atoms in total. The lowest BCUT2D eigenvalue weighted by Crippen LogP contribution is -2.45. The van der Waals surface area contributed by atoms with E-state index in [1.54, 1.807) is 19.9 Å². The fourth-order valence-corrected chi connectivity index (χ4v) is 1.26. The molecule has 0 fully saturated rings. The predicted octanol–water partition coefficient (Wildman–Crippen LogP) is 0.643. The van der Waals surface area contributed by atoms with E-state index in [1.165, 1.54) is 12.1 Å². The molecule has 17 heavy (non-hydrogen) atoms. The van der Waals surface area contributed by atoms with E-state index in [0.717, 1.165) is 0 Å². The number of benzene rings is 1. The average Bonchev–Trinajstić information content (AvgIpc) is 2.20. The summed E-state index contributed by atoms with van der Waals surface area (Å²) in [6, 6.07) is 4.48. The van der Waals surface area contributed by atoms with Gasteiger partial charge in [0.25, 0.3) is 0 Å². The molecule has 0 aliphatic rings. The Kier molecular flexibility index (Phi) is 3.26. The molecule has 0 bridgehead atoms. The van der Waals surface area contributed by atoms with Crippen molar-refractivity contribution in [2.45, 2.75) is 19.4 Å². The second-order valence-electron chi connectivity index (χ2n) is 4.19. The van der Waals surface area contributed by atoms with Gasteiger partial charge in [-0.05, 0) is 26.0 Å². The number of amides is 1. The number of hydrogen-bond donors (Lipinski definition) is 4. The van der Waals surface area contributed by atoms with Crippen LogP contribution in [0.25, 0.3) is 0 Å². The molecule has 0 unspecified atom stereocenters. The Balaban J connectivity index is 3.22. The van der Waals surface area contributed by atoms with Crippen molar-refractivity contribution in [3.8, 4) is 0 Å². The van der Waals surface area contributed by atoms with E-state index in [9.17, 15) is 9.59 Å². The first-order chi connectivity index (χ1) is 7.75. The van der Waals surface area contributed by atoms with E-state index in [4.69, 9.17) is 16.6 Å². The minimum absolute atomic E-state index is 0.000625. The number of para-hydroxylation sites is 1. The maximum atomic E-state index is 11.2. The van der Waals surface area contributed by atoms with Crippen LogP contribution in [-0.2, 0) is 4.79 Å². The molecule has 0 saturated heterocycles. The van der Waals surface area contributed by atoms with Crippen LogP contribution in [0.15, 0.2) is 18.2 Å². The van der Waals surface area contributed by atoms with E-state index in [-0.39, 0.29) is 16.9 Å². The molecule has 0 aliphatic carbocycles. The lowest BCUT2D eigenvalue weighted by molar-refractivity contribution is -0.121. The maximum Gasteiger partial charge on any atom is 0.337 e. The summed E-state index contributed by atoms with van der Waals surface area (Å²) < 4.78 is 0. The molecule has 1 rings (SSSR count). The molecule has 0 aromatic heterocycles. The number of rotatable bonds is 4. The summed E-state index contributed by atoms with van der Waals surface area (Å²) in [5.74, 6) is -1.72. The molecule has 6 heteroatoms. The summed E-state index contributed by atoms with van der Waals surface area (Å²) in [6.45, 7) is 3.10. The monoisotopic (exact) mass is 237 g/mol. The van der Waals surface area contributed by atoms with Gasteiger partial charge in [-0.2, -0.15) is 0 Å². The SMILES string of the molecule is CC(C)(Nc1c(N)cccc1C(=O)O)C(N)=O. The molecule has 0 radical (unpaired) electrons. The molecular formula is C11H15N3O3. The van der Waals surface area contributed by atoms with Crippen molar-refractivity contribution in [1.29, 1.82) is 0 Å². The smallest absolute Gasteiger partial charge is 0.337 e. The second-order valence-corrected chi connectivity index (χ2v) is 4.19. The largest absolute Gasteiger partial charge is 0.478 e. The number of carboxylic acids is 1. The molecule has 0 heterocycles. The van der Waals surface area contributed by atoms with E-state index in [0.29, 0.717) is 0 Å². The molecule has 0 spiro atoms. The summed E-state index contributed by atoms with van der Waals surface area (Å²) in [6.07, 6.45) is 0. The fraction of sp³-hybridized carbons (Fsp3) is 0.273. The number of nitrogens with two attached hydrogens (primary N) is 2. The van der Waals surface area contributed by atoms with E-state index < -0.39 is 17.4 Å². The zero-order valence-electron chi connectivity index (χ0n) is 9.65. The van der Waals surface area contributed by atoms with Crippen molar-refractivity contribution in [1.82, 2.24) is 0 Å². The maximum absolute atomic E-state index is 11.2. The van der Waals surface area contributed by atoms with Crippen LogP contribution in [-0.4, -0.2) is 22.5 Å². The van der Waals surface area contributed by atoms with Crippen molar-refractivity contribution in [2.75, 3.05) is 11.1 Å². The Labute approximate surface area is 98.6 Å². The summed E-state index contributed by atoms with van der Waals surface area (Å²) in [5, 5.41) is 11.8. The number of carboxylic acid groups (broad SMARTS) is 1. The highest BCUT2D eigenvalue weighted by molar-refractivity contribution is 5.99. The van der Waals surface area contributed by atoms with Crippen LogP contribution in [0.3, 0.4) is 0 Å². The molecule has 1 amide bonds. The van der Waals surface area contributed by atoms with Gasteiger partial charge in [0.05, 0.1) is 16.9 Å². The normalized spacial score (nSPS) is 10.9. The van der Waals surface area contributed by atoms with Gasteiger partial charge in [-0.3, -0.25) is 4.79 Å². The number of aromatic carboxylic acids is 1. The van der Waals surface area contributed by atoms with E-state index in [1.807, 2.05) is 0 Å². The number of carbonyl (C=O) groups is 2. The number of primary amides is 1. The number of nitrogens with one attached hydrogen (secondary N) is 1. The summed E-state index contributed by atoms with van der Waals surface area (Å²) in [7, 11) is 0. The minimum Gasteiger partial charge on any atom is -0.478 e. The van der Waals surface area contributed by atoms with Gasteiger partial charge < -0.3 is 21.9 Å². The van der Waals surface area contributed by atoms with Crippen LogP contribution in [0.1, 0.15) is 24.2 Å². The van der Waals surface area contributed by atoms with Crippen molar-refractivity contribution in [2.24, 2.45) is 5.73 Å². The molecule has 0 saturated carbocycles. The van der Waals surface area contributed by atoms with Crippen molar-refractivity contribution in [3.05, 3.63) is 23.8 Å². The van der Waals surface area contributed by atoms with E-state index in [2.05, 4.69) is 5.32 Å². The lowest BCUT2D eigenvalue weighted by atomic mass is 10.0. The van der Waals surface area contributed by atoms with Crippen LogP contribution in [0.5, 0.6) is 0 Å². The van der Waals surface area contributed by atoms with Crippen LogP contribution in [0.4, 0.5) is 11.4 Å². The van der Waals surface area contributed by atoms with E-state index >= 15 is 0 Å². The highest BCUT2D eigenvalue weighted by atomic mass is 16.4. The third-order valence-electron chi connectivity index (χ3n) is 2.38. The van der Waals surface area contributed by atoms with Gasteiger partial charge in [0.1, 0.15) is 5.54 Å². The van der Waals surface area contributed by atoms with Gasteiger partial charge in [-0.15, -0.1) is 0 Å². The Morgan fingerprint density at radius 1 is 1.35 bits per heavy atom. The first-order valence-corrected chi connectivity index (χ1v) is 4.95. The molecule has 1 aromatic rings. The summed E-state index contributed by atoms with van der Waals surface area (Å²) >= 11 is 0. The fourth-order valence-electron chi connectivity index (χ4n) is 1.26. The molecule has 92 valence electrons. The van der Waals surface area contributed by atoms with Crippen molar-refractivity contribution in [3.63, 3.8) is 0 Å². The van der Waals surface area contributed by atoms with Gasteiger partial charge >= 0.3 is 5.97 Å². The quantitative estimate of drug-likeness (QED) is 0.573. The third-order valence-corrected chi connectivity index (χ3v) is 2.38. The summed E-state index contributed by atoms with van der Waals surface area (Å²) in [4.78, 5) is 22.2. The molecule has 1 aromatic carbocycles. The van der Waals surface area contributed by atoms with Gasteiger partial charge in [-0.1, -0.05) is 6.07 Å². The Morgan fingerprint density at radius 3 is 2.41 bits per heavy atom. The lowest BCUT2D eigenvalue weighted by Gasteiger charge is -2.25. The Bertz CT molecular complexity index is 469. The Hall–Kier alpha value is -2.24. The third kappa shape index (κ3) is 2.66. The molecule has 6 N–H and O–H groups in total. The summed E-state index contributed by atoms with van der Waals surface area (Å²) in [5.41, 5.74) is 10.3. The number of nitrogen functional groups attached to an aromatic ring is 1. The van der Waals surface area contributed by atoms with Crippen LogP contribution < -0.4 is 16.8 Å². The average molecular weight is 237 g/mol. The number of carbonyl (C=O) groups excluding carboxylic acids is 1. The number of anilines is 2. The highest BCUT2D eigenvalue weighted by Crippen LogP contribution is 2.26. The standard InChI is InChI=1S/C11H15N3O3/c1-11(2,10(13)17)14-8-6(9(15)16)4-3-5-7(8)12/h3-5,14H,12H2,1-2H3,(H2,13,17)(H,15,16). The first kappa shape index (κ1) is 12.8. The zero-order valence-corrected chi connectivity index (χ0v) is 9.65. The predicted molar refractivity (Wildman–Crippen MR) is 64.7 cm³/mol. The zero-order chi connectivity index (χ0) is 13.2. The van der Waals surface area contributed by atoms with Crippen molar-refractivity contribution >= 4 is 23.3 Å². The topological polar surface area (TPSA) is 118 Å². The molecule has 0 atom stereocenters. The molecular weight excluding hydrogens is 222 g/mol. The van der Waals surface area contributed by atoms with Gasteiger partial charge in [0.2, 0.25) is 5.91 Å². The van der Waals surface area contributed by atoms with Crippen LogP contribution in [0, 0.1) is 0 Å². The Morgan fingerprint density at radius 2 is 1.94 bits per heavy atom. The highest BCUT2D eigenvalue weighted by Gasteiger charge is 2.27. The number of hydrogen-bond acceptors (Lipinski definition) is 4. The van der Waals surface area contributed by atoms with Gasteiger partial charge in [0.15, 0.2) is 0 Å².